The van der Waals surface area contributed by atoms with Gasteiger partial charge in [-0.1, -0.05) is 13.3 Å². The van der Waals surface area contributed by atoms with Crippen LogP contribution in [0.3, 0.4) is 0 Å². The molecule has 1 atom stereocenters. The van der Waals surface area contributed by atoms with Crippen LogP contribution in [-0.4, -0.2) is 30.1 Å². The molecule has 1 fully saturated rings. The van der Waals surface area contributed by atoms with Gasteiger partial charge in [-0.3, -0.25) is 0 Å². The number of nitrogens with zero attached hydrogens (tertiary/aromatic N) is 1. The lowest BCUT2D eigenvalue weighted by molar-refractivity contribution is 0.250. The number of phenolic OH excluding ortho intramolecular Hbond substituents is 1. The lowest BCUT2D eigenvalue weighted by Gasteiger charge is -2.35. The quantitative estimate of drug-likeness (QED) is 0.871. The molecule has 1 aromatic carbocycles. The van der Waals surface area contributed by atoms with E-state index in [9.17, 15) is 9.50 Å². The Morgan fingerprint density at radius 1 is 1.39 bits per heavy atom. The molecule has 1 saturated heterocycles. The third-order valence-electron chi connectivity index (χ3n) is 4.22. The summed E-state index contributed by atoms with van der Waals surface area (Å²) in [6, 6.07) is 4.41. The zero-order valence-electron chi connectivity index (χ0n) is 11.2. The van der Waals surface area contributed by atoms with Gasteiger partial charge >= 0.3 is 0 Å². The second kappa shape index (κ2) is 5.27. The number of likely N-dealkylation sites (N-methyl/N-ethyl adjacent to an activating group) is 1. The molecule has 1 aliphatic heterocycles. The average molecular weight is 251 g/mol. The molecule has 100 valence electrons. The van der Waals surface area contributed by atoms with E-state index in [1.807, 2.05) is 0 Å². The molecular formula is C15H22FNO. The van der Waals surface area contributed by atoms with Crippen LogP contribution in [0.2, 0.25) is 0 Å². The Balaban J connectivity index is 2.44. The molecule has 0 aliphatic carbocycles. The monoisotopic (exact) mass is 251 g/mol. The second-order valence-corrected chi connectivity index (χ2v) is 5.49. The summed E-state index contributed by atoms with van der Waals surface area (Å²) >= 11 is 0. The summed E-state index contributed by atoms with van der Waals surface area (Å²) in [5.74, 6) is -0.0314. The van der Waals surface area contributed by atoms with Crippen molar-refractivity contribution in [1.82, 2.24) is 4.90 Å². The summed E-state index contributed by atoms with van der Waals surface area (Å²) < 4.78 is 14.1. The molecule has 0 amide bonds. The van der Waals surface area contributed by atoms with Gasteiger partial charge in [0, 0.05) is 12.0 Å². The normalized spacial score (nSPS) is 25.9. The van der Waals surface area contributed by atoms with Crippen LogP contribution in [-0.2, 0) is 5.41 Å². The smallest absolute Gasteiger partial charge is 0.127 e. The summed E-state index contributed by atoms with van der Waals surface area (Å²) in [4.78, 5) is 2.28. The van der Waals surface area contributed by atoms with E-state index in [1.54, 1.807) is 6.07 Å². The van der Waals surface area contributed by atoms with Gasteiger partial charge in [-0.25, -0.2) is 4.39 Å². The minimum Gasteiger partial charge on any atom is -0.508 e. The topological polar surface area (TPSA) is 23.5 Å². The van der Waals surface area contributed by atoms with Gasteiger partial charge in [0.15, 0.2) is 0 Å². The van der Waals surface area contributed by atoms with Gasteiger partial charge in [-0.15, -0.1) is 0 Å². The van der Waals surface area contributed by atoms with E-state index in [0.717, 1.165) is 32.4 Å². The fourth-order valence-electron chi connectivity index (χ4n) is 3.14. The standard InChI is InChI=1S/C15H22FNO/c1-3-15(8-4-5-9-17(2)11-15)13-10-12(18)6-7-14(13)16/h6-7,10,18H,3-5,8-9,11H2,1-2H3. The molecule has 1 unspecified atom stereocenters. The number of benzene rings is 1. The number of phenols is 1. The first-order valence-electron chi connectivity index (χ1n) is 6.75. The molecule has 0 spiro atoms. The molecule has 0 saturated carbocycles. The Kier molecular flexibility index (Phi) is 3.91. The van der Waals surface area contributed by atoms with Gasteiger partial charge in [0.25, 0.3) is 0 Å². The van der Waals surface area contributed by atoms with Crippen LogP contribution >= 0.6 is 0 Å². The number of hydrogen-bond donors (Lipinski definition) is 1. The summed E-state index contributed by atoms with van der Waals surface area (Å²) in [7, 11) is 2.09. The fourth-order valence-corrected chi connectivity index (χ4v) is 3.14. The zero-order chi connectivity index (χ0) is 13.2. The molecule has 0 aromatic heterocycles. The Morgan fingerprint density at radius 3 is 2.89 bits per heavy atom. The number of halogens is 1. The number of aromatic hydroxyl groups is 1. The lowest BCUT2D eigenvalue weighted by atomic mass is 9.74. The molecule has 2 rings (SSSR count). The van der Waals surface area contributed by atoms with E-state index in [0.29, 0.717) is 5.56 Å². The molecule has 18 heavy (non-hydrogen) atoms. The largest absolute Gasteiger partial charge is 0.508 e. The number of rotatable bonds is 2. The number of likely N-dealkylation sites (tertiary alicyclic amines) is 1. The van der Waals surface area contributed by atoms with E-state index in [2.05, 4.69) is 18.9 Å². The van der Waals surface area contributed by atoms with Crippen LogP contribution in [0.25, 0.3) is 0 Å². The van der Waals surface area contributed by atoms with Gasteiger partial charge in [-0.05, 0) is 56.6 Å². The highest BCUT2D eigenvalue weighted by Gasteiger charge is 2.35. The van der Waals surface area contributed by atoms with Crippen LogP contribution in [0.5, 0.6) is 5.75 Å². The molecule has 3 heteroatoms. The van der Waals surface area contributed by atoms with Crippen molar-refractivity contribution in [2.24, 2.45) is 0 Å². The molecule has 2 nitrogen and oxygen atoms in total. The van der Waals surface area contributed by atoms with Crippen molar-refractivity contribution in [3.8, 4) is 5.75 Å². The van der Waals surface area contributed by atoms with Crippen LogP contribution < -0.4 is 0 Å². The molecule has 0 radical (unpaired) electrons. The third kappa shape index (κ3) is 2.51. The summed E-state index contributed by atoms with van der Waals surface area (Å²) in [5, 5.41) is 9.63. The SMILES string of the molecule is CCC1(c2cc(O)ccc2F)CCCCN(C)C1. The van der Waals surface area contributed by atoms with E-state index in [-0.39, 0.29) is 17.0 Å². The van der Waals surface area contributed by atoms with Gasteiger partial charge in [0.05, 0.1) is 0 Å². The van der Waals surface area contributed by atoms with Crippen molar-refractivity contribution in [3.05, 3.63) is 29.6 Å². The first-order valence-corrected chi connectivity index (χ1v) is 6.75. The fraction of sp³-hybridized carbons (Fsp3) is 0.600. The maximum atomic E-state index is 14.1. The Morgan fingerprint density at radius 2 is 2.17 bits per heavy atom. The van der Waals surface area contributed by atoms with Crippen molar-refractivity contribution in [3.63, 3.8) is 0 Å². The molecule has 0 bridgehead atoms. The van der Waals surface area contributed by atoms with Gasteiger partial charge in [-0.2, -0.15) is 0 Å². The maximum Gasteiger partial charge on any atom is 0.127 e. The second-order valence-electron chi connectivity index (χ2n) is 5.49. The lowest BCUT2D eigenvalue weighted by Crippen LogP contribution is -2.37. The first kappa shape index (κ1) is 13.3. The molecule has 1 heterocycles. The predicted molar refractivity (Wildman–Crippen MR) is 71.4 cm³/mol. The van der Waals surface area contributed by atoms with Crippen molar-refractivity contribution in [2.45, 2.75) is 38.0 Å². The third-order valence-corrected chi connectivity index (χ3v) is 4.22. The van der Waals surface area contributed by atoms with E-state index in [1.165, 1.54) is 18.6 Å². The Bertz CT molecular complexity index is 421. The van der Waals surface area contributed by atoms with Crippen LogP contribution in [0.15, 0.2) is 18.2 Å². The summed E-state index contributed by atoms with van der Waals surface area (Å²) in [6.07, 6.45) is 4.18. The highest BCUT2D eigenvalue weighted by molar-refractivity contribution is 5.35. The van der Waals surface area contributed by atoms with Crippen LogP contribution in [0, 0.1) is 5.82 Å². The minimum absolute atomic E-state index is 0.158. The van der Waals surface area contributed by atoms with Gasteiger partial charge in [0.2, 0.25) is 0 Å². The maximum absolute atomic E-state index is 14.1. The van der Waals surface area contributed by atoms with Crippen molar-refractivity contribution < 1.29 is 9.50 Å². The van der Waals surface area contributed by atoms with Gasteiger partial charge in [0.1, 0.15) is 11.6 Å². The molecule has 1 aromatic rings. The van der Waals surface area contributed by atoms with Gasteiger partial charge < -0.3 is 10.0 Å². The molecule has 1 N–H and O–H groups in total. The minimum atomic E-state index is -0.190. The predicted octanol–water partition coefficient (Wildman–Crippen LogP) is 3.29. The number of hydrogen-bond acceptors (Lipinski definition) is 2. The highest BCUT2D eigenvalue weighted by atomic mass is 19.1. The average Bonchev–Trinajstić information content (AvgIpc) is 2.55. The Hall–Kier alpha value is -1.09. The first-order chi connectivity index (χ1) is 8.57. The van der Waals surface area contributed by atoms with Crippen molar-refractivity contribution in [1.29, 1.82) is 0 Å². The molecule has 1 aliphatic rings. The van der Waals surface area contributed by atoms with Crippen LogP contribution in [0.1, 0.15) is 38.2 Å². The summed E-state index contributed by atoms with van der Waals surface area (Å²) in [6.45, 7) is 4.05. The highest BCUT2D eigenvalue weighted by Crippen LogP contribution is 2.38. The summed E-state index contributed by atoms with van der Waals surface area (Å²) in [5.41, 5.74) is 0.521. The van der Waals surface area contributed by atoms with E-state index >= 15 is 0 Å². The van der Waals surface area contributed by atoms with E-state index in [4.69, 9.17) is 0 Å². The van der Waals surface area contributed by atoms with Crippen molar-refractivity contribution in [2.75, 3.05) is 20.1 Å². The van der Waals surface area contributed by atoms with Crippen LogP contribution in [0.4, 0.5) is 4.39 Å². The molecular weight excluding hydrogens is 229 g/mol. The Labute approximate surface area is 108 Å². The zero-order valence-corrected chi connectivity index (χ0v) is 11.2. The van der Waals surface area contributed by atoms with E-state index < -0.39 is 0 Å². The van der Waals surface area contributed by atoms with Crippen molar-refractivity contribution >= 4 is 0 Å².